The van der Waals surface area contributed by atoms with Crippen LogP contribution >= 0.6 is 0 Å². The third-order valence-corrected chi connectivity index (χ3v) is 6.78. The molecule has 1 heterocycles. The van der Waals surface area contributed by atoms with E-state index in [-0.39, 0.29) is 29.1 Å². The number of nitrogens with zero attached hydrogens (tertiary/aromatic N) is 2. The smallest absolute Gasteiger partial charge is 0.253 e. The summed E-state index contributed by atoms with van der Waals surface area (Å²) in [6.45, 7) is 8.52. The minimum atomic E-state index is -3.59. The molecule has 1 aromatic rings. The summed E-state index contributed by atoms with van der Waals surface area (Å²) in [5.41, 5.74) is 0.502. The molecule has 1 amide bonds. The van der Waals surface area contributed by atoms with Gasteiger partial charge in [0, 0.05) is 31.7 Å². The van der Waals surface area contributed by atoms with E-state index in [2.05, 4.69) is 13.8 Å². The number of carbonyl (C=O) groups excluding carboxylic acids is 1. The average molecular weight is 383 g/mol. The van der Waals surface area contributed by atoms with Crippen molar-refractivity contribution in [2.45, 2.75) is 63.7 Å². The number of hydrogen-bond acceptors (Lipinski definition) is 4. The highest BCUT2D eigenvalue weighted by Crippen LogP contribution is 2.22. The second kappa shape index (κ2) is 8.50. The number of morpholine rings is 1. The average Bonchev–Trinajstić information content (AvgIpc) is 2.61. The summed E-state index contributed by atoms with van der Waals surface area (Å²) in [6, 6.07) is 6.42. The lowest BCUT2D eigenvalue weighted by atomic mass is 10.1. The summed E-state index contributed by atoms with van der Waals surface area (Å²) < 4.78 is 32.8. The highest BCUT2D eigenvalue weighted by Gasteiger charge is 2.32. The van der Waals surface area contributed by atoms with Gasteiger partial charge in [-0.2, -0.15) is 4.31 Å². The van der Waals surface area contributed by atoms with E-state index in [0.717, 1.165) is 12.8 Å². The molecular formula is C19H30N2O4S. The molecule has 1 aliphatic heterocycles. The molecule has 1 aromatic carbocycles. The first kappa shape index (κ1) is 20.9. The molecule has 1 fully saturated rings. The van der Waals surface area contributed by atoms with Gasteiger partial charge in [0.05, 0.1) is 17.1 Å². The zero-order chi connectivity index (χ0) is 19.5. The highest BCUT2D eigenvalue weighted by atomic mass is 32.2. The molecule has 0 bridgehead atoms. The maximum Gasteiger partial charge on any atom is 0.253 e. The van der Waals surface area contributed by atoms with Crippen LogP contribution in [0.2, 0.25) is 0 Å². The van der Waals surface area contributed by atoms with Crippen LogP contribution < -0.4 is 0 Å². The van der Waals surface area contributed by atoms with Gasteiger partial charge in [0.25, 0.3) is 5.91 Å². The molecule has 0 N–H and O–H groups in total. The largest absolute Gasteiger partial charge is 0.373 e. The standard InChI is InChI=1S/C19H30N2O4S/c1-6-17(7-2)20(5)19(22)16-8-10-18(11-9-16)26(23,24)21-12-14(3)25-15(4)13-21/h8-11,14-15,17H,6-7,12-13H2,1-5H3. The maximum absolute atomic E-state index is 12.9. The zero-order valence-corrected chi connectivity index (χ0v) is 17.1. The van der Waals surface area contributed by atoms with Crippen LogP contribution in [0.3, 0.4) is 0 Å². The number of carbonyl (C=O) groups is 1. The molecule has 0 aliphatic carbocycles. The molecule has 6 nitrogen and oxygen atoms in total. The Kier molecular flexibility index (Phi) is 6.82. The Morgan fingerprint density at radius 3 is 2.12 bits per heavy atom. The summed E-state index contributed by atoms with van der Waals surface area (Å²) in [7, 11) is -1.79. The number of hydrogen-bond donors (Lipinski definition) is 0. The van der Waals surface area contributed by atoms with Crippen LogP contribution in [-0.4, -0.2) is 61.9 Å². The molecule has 2 rings (SSSR count). The van der Waals surface area contributed by atoms with E-state index in [1.54, 1.807) is 24.1 Å². The van der Waals surface area contributed by atoms with Crippen molar-refractivity contribution in [3.63, 3.8) is 0 Å². The molecule has 2 unspecified atom stereocenters. The van der Waals surface area contributed by atoms with Crippen molar-refractivity contribution in [1.29, 1.82) is 0 Å². The second-order valence-corrected chi connectivity index (χ2v) is 8.93. The number of ether oxygens (including phenoxy) is 1. The van der Waals surface area contributed by atoms with Gasteiger partial charge in [0.2, 0.25) is 10.0 Å². The van der Waals surface area contributed by atoms with E-state index in [4.69, 9.17) is 4.74 Å². The molecule has 0 radical (unpaired) electrons. The predicted molar refractivity (Wildman–Crippen MR) is 102 cm³/mol. The highest BCUT2D eigenvalue weighted by molar-refractivity contribution is 7.89. The summed E-state index contributed by atoms with van der Waals surface area (Å²) in [4.78, 5) is 14.5. The summed E-state index contributed by atoms with van der Waals surface area (Å²) in [5, 5.41) is 0. The van der Waals surface area contributed by atoms with Crippen molar-refractivity contribution < 1.29 is 17.9 Å². The molecule has 2 atom stereocenters. The first-order chi connectivity index (χ1) is 12.2. The Hall–Kier alpha value is -1.44. The SMILES string of the molecule is CCC(CC)N(C)C(=O)c1ccc(S(=O)(=O)N2CC(C)OC(C)C2)cc1. The van der Waals surface area contributed by atoms with Crippen LogP contribution in [0.15, 0.2) is 29.2 Å². The summed E-state index contributed by atoms with van der Waals surface area (Å²) in [6.07, 6.45) is 1.50. The van der Waals surface area contributed by atoms with Crippen molar-refractivity contribution in [2.75, 3.05) is 20.1 Å². The fourth-order valence-corrected chi connectivity index (χ4v) is 5.04. The fourth-order valence-electron chi connectivity index (χ4n) is 3.45. The Bertz CT molecular complexity index is 704. The van der Waals surface area contributed by atoms with Crippen LogP contribution in [0.1, 0.15) is 50.9 Å². The molecule has 0 aromatic heterocycles. The minimum absolute atomic E-state index is 0.0868. The maximum atomic E-state index is 12.9. The lowest BCUT2D eigenvalue weighted by Gasteiger charge is -2.34. The quantitative estimate of drug-likeness (QED) is 0.759. The van der Waals surface area contributed by atoms with Crippen molar-refractivity contribution >= 4 is 15.9 Å². The van der Waals surface area contributed by atoms with Gasteiger partial charge >= 0.3 is 0 Å². The molecule has 0 spiro atoms. The van der Waals surface area contributed by atoms with Gasteiger partial charge in [0.15, 0.2) is 0 Å². The lowest BCUT2D eigenvalue weighted by Crippen LogP contribution is -2.48. The molecule has 146 valence electrons. The third kappa shape index (κ3) is 4.45. The first-order valence-electron chi connectivity index (χ1n) is 9.23. The Balaban J connectivity index is 2.19. The van der Waals surface area contributed by atoms with Gasteiger partial charge in [-0.3, -0.25) is 4.79 Å². The Morgan fingerprint density at radius 1 is 1.15 bits per heavy atom. The molecule has 7 heteroatoms. The van der Waals surface area contributed by atoms with Gasteiger partial charge in [0.1, 0.15) is 0 Å². The van der Waals surface area contributed by atoms with Crippen LogP contribution in [0.25, 0.3) is 0 Å². The van der Waals surface area contributed by atoms with Crippen LogP contribution in [0, 0.1) is 0 Å². The lowest BCUT2D eigenvalue weighted by molar-refractivity contribution is -0.0440. The van der Waals surface area contributed by atoms with Crippen LogP contribution in [-0.2, 0) is 14.8 Å². The zero-order valence-electron chi connectivity index (χ0n) is 16.3. The molecule has 0 saturated carbocycles. The molecule has 1 saturated heterocycles. The van der Waals surface area contributed by atoms with Gasteiger partial charge in [-0.25, -0.2) is 8.42 Å². The van der Waals surface area contributed by atoms with Crippen molar-refractivity contribution in [3.8, 4) is 0 Å². The van der Waals surface area contributed by atoms with Gasteiger partial charge < -0.3 is 9.64 Å². The summed E-state index contributed by atoms with van der Waals surface area (Å²) >= 11 is 0. The van der Waals surface area contributed by atoms with E-state index >= 15 is 0 Å². The number of amides is 1. The molecule has 26 heavy (non-hydrogen) atoms. The van der Waals surface area contributed by atoms with E-state index in [9.17, 15) is 13.2 Å². The second-order valence-electron chi connectivity index (χ2n) is 6.99. The van der Waals surface area contributed by atoms with E-state index in [1.165, 1.54) is 16.4 Å². The van der Waals surface area contributed by atoms with Crippen molar-refractivity contribution in [3.05, 3.63) is 29.8 Å². The van der Waals surface area contributed by atoms with Crippen LogP contribution in [0.4, 0.5) is 0 Å². The topological polar surface area (TPSA) is 66.9 Å². The first-order valence-corrected chi connectivity index (χ1v) is 10.7. The number of benzene rings is 1. The predicted octanol–water partition coefficient (Wildman–Crippen LogP) is 2.75. The third-order valence-electron chi connectivity index (χ3n) is 4.94. The fraction of sp³-hybridized carbons (Fsp3) is 0.632. The van der Waals surface area contributed by atoms with Gasteiger partial charge in [-0.1, -0.05) is 13.8 Å². The van der Waals surface area contributed by atoms with Gasteiger partial charge in [-0.05, 0) is 51.0 Å². The van der Waals surface area contributed by atoms with E-state index < -0.39 is 10.0 Å². The van der Waals surface area contributed by atoms with Crippen LogP contribution in [0.5, 0.6) is 0 Å². The van der Waals surface area contributed by atoms with Crippen molar-refractivity contribution in [2.24, 2.45) is 0 Å². The summed E-state index contributed by atoms with van der Waals surface area (Å²) in [5.74, 6) is -0.0868. The molecule has 1 aliphatic rings. The number of rotatable bonds is 6. The van der Waals surface area contributed by atoms with Gasteiger partial charge in [-0.15, -0.1) is 0 Å². The number of sulfonamides is 1. The minimum Gasteiger partial charge on any atom is -0.373 e. The van der Waals surface area contributed by atoms with E-state index in [1.807, 2.05) is 13.8 Å². The Labute approximate surface area is 157 Å². The van der Waals surface area contributed by atoms with Crippen molar-refractivity contribution in [1.82, 2.24) is 9.21 Å². The Morgan fingerprint density at radius 2 is 1.65 bits per heavy atom. The van der Waals surface area contributed by atoms with E-state index in [0.29, 0.717) is 18.7 Å². The monoisotopic (exact) mass is 382 g/mol. The normalized spacial score (nSPS) is 21.8. The molecular weight excluding hydrogens is 352 g/mol.